The molecule has 0 saturated heterocycles. The molecule has 0 aliphatic heterocycles. The molecule has 0 aromatic carbocycles. The van der Waals surface area contributed by atoms with Crippen LogP contribution in [0.2, 0.25) is 0 Å². The van der Waals surface area contributed by atoms with Crippen molar-refractivity contribution in [1.82, 2.24) is 5.32 Å². The van der Waals surface area contributed by atoms with Crippen molar-refractivity contribution in [2.45, 2.75) is 19.3 Å². The smallest absolute Gasteiger partial charge is 0.328 e. The van der Waals surface area contributed by atoms with Crippen molar-refractivity contribution in [1.29, 1.82) is 0 Å². The lowest BCUT2D eigenvalue weighted by Crippen LogP contribution is -2.22. The fraction of sp³-hybridized carbons (Fsp3) is 0.600. The summed E-state index contributed by atoms with van der Waals surface area (Å²) < 4.78 is 4.87. The van der Waals surface area contributed by atoms with Gasteiger partial charge in [0.05, 0.1) is 0 Å². The quantitative estimate of drug-likeness (QED) is 0.458. The van der Waals surface area contributed by atoms with Gasteiger partial charge in [0.25, 0.3) is 0 Å². The Balaban J connectivity index is 3.35. The van der Waals surface area contributed by atoms with Gasteiger partial charge in [0.2, 0.25) is 5.91 Å². The van der Waals surface area contributed by atoms with Crippen molar-refractivity contribution < 1.29 is 19.4 Å². The van der Waals surface area contributed by atoms with Gasteiger partial charge >= 0.3 is 5.97 Å². The Morgan fingerprint density at radius 1 is 1.27 bits per heavy atom. The summed E-state index contributed by atoms with van der Waals surface area (Å²) in [5.41, 5.74) is 0. The number of carboxylic acids is 1. The molecule has 0 spiro atoms. The van der Waals surface area contributed by atoms with Gasteiger partial charge in [0.15, 0.2) is 0 Å². The molecule has 0 aromatic rings. The maximum Gasteiger partial charge on any atom is 0.328 e. The van der Waals surface area contributed by atoms with E-state index in [0.29, 0.717) is 6.54 Å². The van der Waals surface area contributed by atoms with Crippen molar-refractivity contribution in [2.75, 3.05) is 20.3 Å². The van der Waals surface area contributed by atoms with Crippen LogP contribution >= 0.6 is 0 Å². The molecule has 0 heterocycles. The Labute approximate surface area is 89.1 Å². The van der Waals surface area contributed by atoms with E-state index in [9.17, 15) is 9.59 Å². The number of carboxylic acid groups (broad SMARTS) is 1. The Bertz CT molecular complexity index is 225. The summed E-state index contributed by atoms with van der Waals surface area (Å²) in [4.78, 5) is 21.0. The normalized spacial score (nSPS) is 10.5. The first-order chi connectivity index (χ1) is 7.16. The van der Waals surface area contributed by atoms with E-state index in [1.807, 2.05) is 0 Å². The molecule has 0 aliphatic rings. The van der Waals surface area contributed by atoms with E-state index in [2.05, 4.69) is 5.32 Å². The minimum atomic E-state index is -1.12. The standard InChI is InChI=1S/C10H17NO4/c1-15-8-4-2-3-7-11-9(12)5-6-10(13)14/h5-6H,2-4,7-8H2,1H3,(H,11,12)(H,13,14)/b6-5+. The molecule has 5 nitrogen and oxygen atoms in total. The minimum absolute atomic E-state index is 0.371. The van der Waals surface area contributed by atoms with Crippen LogP contribution in [-0.2, 0) is 14.3 Å². The summed E-state index contributed by atoms with van der Waals surface area (Å²) in [5.74, 6) is -1.49. The first-order valence-corrected chi connectivity index (χ1v) is 4.84. The van der Waals surface area contributed by atoms with Gasteiger partial charge in [0.1, 0.15) is 0 Å². The lowest BCUT2D eigenvalue weighted by atomic mass is 10.2. The third-order valence-corrected chi connectivity index (χ3v) is 1.70. The second kappa shape index (κ2) is 9.21. The minimum Gasteiger partial charge on any atom is -0.478 e. The number of ether oxygens (including phenoxy) is 1. The van der Waals surface area contributed by atoms with Crippen molar-refractivity contribution in [3.05, 3.63) is 12.2 Å². The molecule has 5 heteroatoms. The van der Waals surface area contributed by atoms with E-state index in [0.717, 1.165) is 38.0 Å². The third kappa shape index (κ3) is 10.6. The monoisotopic (exact) mass is 215 g/mol. The number of carbonyl (C=O) groups excluding carboxylic acids is 1. The number of hydrogen-bond donors (Lipinski definition) is 2. The number of carbonyl (C=O) groups is 2. The summed E-state index contributed by atoms with van der Waals surface area (Å²) in [5, 5.41) is 10.8. The zero-order valence-electron chi connectivity index (χ0n) is 8.86. The predicted octanol–water partition coefficient (Wildman–Crippen LogP) is 0.560. The van der Waals surface area contributed by atoms with E-state index in [4.69, 9.17) is 9.84 Å². The number of methoxy groups -OCH3 is 1. The summed E-state index contributed by atoms with van der Waals surface area (Å²) in [6, 6.07) is 0. The van der Waals surface area contributed by atoms with Gasteiger partial charge < -0.3 is 15.2 Å². The maximum atomic E-state index is 11.0. The molecular formula is C10H17NO4. The summed E-state index contributed by atoms with van der Waals surface area (Å²) in [6.07, 6.45) is 4.65. The summed E-state index contributed by atoms with van der Waals surface area (Å²) >= 11 is 0. The zero-order chi connectivity index (χ0) is 11.5. The molecule has 0 aliphatic carbocycles. The number of amides is 1. The Morgan fingerprint density at radius 3 is 2.60 bits per heavy atom. The van der Waals surface area contributed by atoms with Crippen LogP contribution in [0.1, 0.15) is 19.3 Å². The van der Waals surface area contributed by atoms with Crippen LogP contribution in [0.15, 0.2) is 12.2 Å². The highest BCUT2D eigenvalue weighted by Gasteiger charge is 1.95. The first kappa shape index (κ1) is 13.6. The van der Waals surface area contributed by atoms with Crippen LogP contribution in [0.25, 0.3) is 0 Å². The predicted molar refractivity (Wildman–Crippen MR) is 55.5 cm³/mol. The Kier molecular flexibility index (Phi) is 8.37. The van der Waals surface area contributed by atoms with Crippen molar-refractivity contribution in [3.63, 3.8) is 0 Å². The Morgan fingerprint density at radius 2 is 2.00 bits per heavy atom. The Hall–Kier alpha value is -1.36. The highest BCUT2D eigenvalue weighted by atomic mass is 16.5. The zero-order valence-corrected chi connectivity index (χ0v) is 8.86. The molecule has 2 N–H and O–H groups in total. The van der Waals surface area contributed by atoms with E-state index in [1.54, 1.807) is 7.11 Å². The second-order valence-electron chi connectivity index (χ2n) is 3.02. The highest BCUT2D eigenvalue weighted by molar-refractivity contribution is 5.93. The summed E-state index contributed by atoms with van der Waals surface area (Å²) in [6.45, 7) is 1.29. The highest BCUT2D eigenvalue weighted by Crippen LogP contribution is 1.93. The van der Waals surface area contributed by atoms with Gasteiger partial charge in [-0.1, -0.05) is 0 Å². The summed E-state index contributed by atoms with van der Waals surface area (Å²) in [7, 11) is 1.65. The van der Waals surface area contributed by atoms with Crippen molar-refractivity contribution in [3.8, 4) is 0 Å². The van der Waals surface area contributed by atoms with Crippen molar-refractivity contribution >= 4 is 11.9 Å². The molecule has 86 valence electrons. The van der Waals surface area contributed by atoms with Crippen LogP contribution in [-0.4, -0.2) is 37.2 Å². The van der Waals surface area contributed by atoms with Crippen LogP contribution in [0.3, 0.4) is 0 Å². The largest absolute Gasteiger partial charge is 0.478 e. The lowest BCUT2D eigenvalue weighted by Gasteiger charge is -2.01. The number of rotatable bonds is 8. The van der Waals surface area contributed by atoms with Gasteiger partial charge in [-0.25, -0.2) is 4.79 Å². The van der Waals surface area contributed by atoms with E-state index in [1.165, 1.54) is 0 Å². The molecule has 15 heavy (non-hydrogen) atoms. The molecule has 0 radical (unpaired) electrons. The topological polar surface area (TPSA) is 75.6 Å². The molecule has 0 rings (SSSR count). The molecule has 0 aromatic heterocycles. The van der Waals surface area contributed by atoms with E-state index < -0.39 is 5.97 Å². The molecule has 0 unspecified atom stereocenters. The molecule has 1 amide bonds. The fourth-order valence-electron chi connectivity index (χ4n) is 0.966. The average molecular weight is 215 g/mol. The number of hydrogen-bond acceptors (Lipinski definition) is 3. The van der Waals surface area contributed by atoms with Crippen LogP contribution in [0.5, 0.6) is 0 Å². The molecular weight excluding hydrogens is 198 g/mol. The van der Waals surface area contributed by atoms with Crippen LogP contribution in [0.4, 0.5) is 0 Å². The lowest BCUT2D eigenvalue weighted by molar-refractivity contribution is -0.131. The third-order valence-electron chi connectivity index (χ3n) is 1.70. The molecule has 0 bridgehead atoms. The molecule has 0 saturated carbocycles. The van der Waals surface area contributed by atoms with E-state index in [-0.39, 0.29) is 5.91 Å². The first-order valence-electron chi connectivity index (χ1n) is 4.84. The van der Waals surface area contributed by atoms with Crippen molar-refractivity contribution in [2.24, 2.45) is 0 Å². The number of nitrogens with one attached hydrogen (secondary N) is 1. The average Bonchev–Trinajstić information content (AvgIpc) is 2.20. The molecule has 0 fully saturated rings. The SMILES string of the molecule is COCCCCCNC(=O)/C=C/C(=O)O. The maximum absolute atomic E-state index is 11.0. The van der Waals surface area contributed by atoms with Gasteiger partial charge in [-0.05, 0) is 19.3 Å². The van der Waals surface area contributed by atoms with Crippen LogP contribution < -0.4 is 5.32 Å². The van der Waals surface area contributed by atoms with Gasteiger partial charge in [-0.2, -0.15) is 0 Å². The fourth-order valence-corrected chi connectivity index (χ4v) is 0.966. The van der Waals surface area contributed by atoms with E-state index >= 15 is 0 Å². The molecule has 0 atom stereocenters. The van der Waals surface area contributed by atoms with Crippen LogP contribution in [0, 0.1) is 0 Å². The number of unbranched alkanes of at least 4 members (excludes halogenated alkanes) is 2. The van der Waals surface area contributed by atoms with Gasteiger partial charge in [-0.15, -0.1) is 0 Å². The van der Waals surface area contributed by atoms with Gasteiger partial charge in [-0.3, -0.25) is 4.79 Å². The van der Waals surface area contributed by atoms with Gasteiger partial charge in [0, 0.05) is 32.4 Å². The second-order valence-corrected chi connectivity index (χ2v) is 3.02. The number of aliphatic carboxylic acids is 1.